The molecule has 3 nitrogen and oxygen atoms in total. The topological polar surface area (TPSA) is 45.1 Å². The fourth-order valence-corrected chi connectivity index (χ4v) is 3.63. The van der Waals surface area contributed by atoms with Crippen LogP contribution in [-0.4, -0.2) is 10.1 Å². The lowest BCUT2D eigenvalue weighted by molar-refractivity contribution is 0.445. The number of aromatic nitrogens is 1. The van der Waals surface area contributed by atoms with Crippen molar-refractivity contribution >= 4 is 11.3 Å². The fourth-order valence-electron chi connectivity index (χ4n) is 3.08. The molecule has 0 fully saturated rings. The molecule has 0 aliphatic heterocycles. The zero-order valence-corrected chi connectivity index (χ0v) is 12.0. The fraction of sp³-hybridized carbons (Fsp3) is 0.400. The molecule has 2 atom stereocenters. The molecule has 1 heterocycles. The highest BCUT2D eigenvalue weighted by atomic mass is 32.1. The Morgan fingerprint density at radius 1 is 1.42 bits per heavy atom. The minimum Gasteiger partial charge on any atom is -0.508 e. The van der Waals surface area contributed by atoms with E-state index in [0.717, 1.165) is 18.5 Å². The van der Waals surface area contributed by atoms with Crippen LogP contribution in [0.15, 0.2) is 23.8 Å². The largest absolute Gasteiger partial charge is 0.508 e. The number of phenolic OH excluding ortho intramolecular Hbond substituents is 1. The summed E-state index contributed by atoms with van der Waals surface area (Å²) in [6, 6.07) is 4.07. The second-order valence-corrected chi connectivity index (χ2v) is 6.24. The first-order valence-corrected chi connectivity index (χ1v) is 7.48. The van der Waals surface area contributed by atoms with Gasteiger partial charge >= 0.3 is 0 Å². The maximum absolute atomic E-state index is 10.2. The maximum atomic E-state index is 10.2. The number of aromatic hydroxyl groups is 1. The number of fused-ring (bicyclic) bond motifs is 1. The van der Waals surface area contributed by atoms with Crippen molar-refractivity contribution in [3.05, 3.63) is 45.4 Å². The lowest BCUT2D eigenvalue weighted by Gasteiger charge is -2.15. The predicted molar refractivity (Wildman–Crippen MR) is 77.6 cm³/mol. The van der Waals surface area contributed by atoms with E-state index >= 15 is 0 Å². The van der Waals surface area contributed by atoms with Gasteiger partial charge in [0.15, 0.2) is 0 Å². The summed E-state index contributed by atoms with van der Waals surface area (Å²) in [4.78, 5) is 5.32. The van der Waals surface area contributed by atoms with Gasteiger partial charge in [-0.1, -0.05) is 13.0 Å². The van der Waals surface area contributed by atoms with Crippen molar-refractivity contribution in [3.63, 3.8) is 0 Å². The molecule has 1 aliphatic carbocycles. The Kier molecular flexibility index (Phi) is 3.29. The minimum absolute atomic E-state index is 0.243. The van der Waals surface area contributed by atoms with Crippen LogP contribution in [0.25, 0.3) is 0 Å². The van der Waals surface area contributed by atoms with Crippen LogP contribution >= 0.6 is 11.3 Å². The molecular weight excluding hydrogens is 256 g/mol. The molecule has 1 aromatic heterocycles. The zero-order chi connectivity index (χ0) is 13.4. The minimum atomic E-state index is 0.243. The van der Waals surface area contributed by atoms with E-state index in [2.05, 4.69) is 24.1 Å². The summed E-state index contributed by atoms with van der Waals surface area (Å²) >= 11 is 1.66. The van der Waals surface area contributed by atoms with E-state index in [0.29, 0.717) is 11.7 Å². The van der Waals surface area contributed by atoms with E-state index in [4.69, 9.17) is 0 Å². The Balaban J connectivity index is 1.85. The van der Waals surface area contributed by atoms with Crippen molar-refractivity contribution in [2.75, 3.05) is 0 Å². The standard InChI is InChI=1S/C15H18N2OS/c1-9-3-4-13(18)15-12(5-10(2)14(9)15)17-7-11-6-16-8-19-11/h3-4,6,8,10,12,17-18H,5,7H2,1-2H3. The smallest absolute Gasteiger partial charge is 0.120 e. The van der Waals surface area contributed by atoms with Crippen LogP contribution in [0.1, 0.15) is 46.9 Å². The van der Waals surface area contributed by atoms with Gasteiger partial charge in [0.2, 0.25) is 0 Å². The van der Waals surface area contributed by atoms with Crippen LogP contribution < -0.4 is 5.32 Å². The molecule has 0 spiro atoms. The Morgan fingerprint density at radius 2 is 2.26 bits per heavy atom. The SMILES string of the molecule is Cc1ccc(O)c2c1C(C)CC2NCc1cncs1. The van der Waals surface area contributed by atoms with Gasteiger partial charge in [-0.15, -0.1) is 11.3 Å². The summed E-state index contributed by atoms with van der Waals surface area (Å²) in [5, 5.41) is 13.7. The van der Waals surface area contributed by atoms with Crippen molar-refractivity contribution in [1.29, 1.82) is 0 Å². The molecule has 2 unspecified atom stereocenters. The summed E-state index contributed by atoms with van der Waals surface area (Å²) in [6.07, 6.45) is 2.94. The molecule has 0 saturated heterocycles. The van der Waals surface area contributed by atoms with Gasteiger partial charge in [0, 0.05) is 29.2 Å². The van der Waals surface area contributed by atoms with E-state index in [1.807, 2.05) is 23.8 Å². The number of hydrogen-bond donors (Lipinski definition) is 2. The molecule has 1 aliphatic rings. The number of hydrogen-bond acceptors (Lipinski definition) is 4. The van der Waals surface area contributed by atoms with Gasteiger partial charge in [-0.25, -0.2) is 0 Å². The molecule has 100 valence electrons. The average Bonchev–Trinajstić information content (AvgIpc) is 2.99. The molecule has 0 bridgehead atoms. The van der Waals surface area contributed by atoms with E-state index in [9.17, 15) is 5.11 Å². The Bertz CT molecular complexity index is 580. The first-order valence-electron chi connectivity index (χ1n) is 6.60. The monoisotopic (exact) mass is 274 g/mol. The molecule has 0 amide bonds. The number of benzene rings is 1. The average molecular weight is 274 g/mol. The van der Waals surface area contributed by atoms with Crippen molar-refractivity contribution in [1.82, 2.24) is 10.3 Å². The Hall–Kier alpha value is -1.39. The second-order valence-electron chi connectivity index (χ2n) is 5.27. The van der Waals surface area contributed by atoms with Crippen LogP contribution in [0.4, 0.5) is 0 Å². The third kappa shape index (κ3) is 2.26. The second kappa shape index (κ2) is 4.94. The molecule has 0 radical (unpaired) electrons. The van der Waals surface area contributed by atoms with Crippen LogP contribution in [-0.2, 0) is 6.54 Å². The number of rotatable bonds is 3. The summed E-state index contributed by atoms with van der Waals surface area (Å²) in [5.41, 5.74) is 5.55. The number of phenols is 1. The van der Waals surface area contributed by atoms with Gasteiger partial charge in [-0.3, -0.25) is 4.98 Å². The van der Waals surface area contributed by atoms with Gasteiger partial charge in [-0.05, 0) is 36.5 Å². The highest BCUT2D eigenvalue weighted by Crippen LogP contribution is 2.45. The molecule has 2 N–H and O–H groups in total. The maximum Gasteiger partial charge on any atom is 0.120 e. The Labute approximate surface area is 117 Å². The number of nitrogens with zero attached hydrogens (tertiary/aromatic N) is 1. The van der Waals surface area contributed by atoms with E-state index in [1.54, 1.807) is 11.3 Å². The van der Waals surface area contributed by atoms with Crippen molar-refractivity contribution < 1.29 is 5.11 Å². The van der Waals surface area contributed by atoms with Crippen LogP contribution in [0.3, 0.4) is 0 Å². The van der Waals surface area contributed by atoms with Gasteiger partial charge < -0.3 is 10.4 Å². The van der Waals surface area contributed by atoms with Crippen LogP contribution in [0.2, 0.25) is 0 Å². The van der Waals surface area contributed by atoms with Crippen LogP contribution in [0, 0.1) is 6.92 Å². The molecule has 4 heteroatoms. The molecule has 3 rings (SSSR count). The number of thiazole rings is 1. The third-order valence-electron chi connectivity index (χ3n) is 3.92. The summed E-state index contributed by atoms with van der Waals surface area (Å²) in [5.74, 6) is 0.924. The molecule has 2 aromatic rings. The summed E-state index contributed by atoms with van der Waals surface area (Å²) < 4.78 is 0. The zero-order valence-electron chi connectivity index (χ0n) is 11.2. The van der Waals surface area contributed by atoms with E-state index in [1.165, 1.54) is 16.0 Å². The van der Waals surface area contributed by atoms with Crippen molar-refractivity contribution in [3.8, 4) is 5.75 Å². The summed E-state index contributed by atoms with van der Waals surface area (Å²) in [7, 11) is 0. The predicted octanol–water partition coefficient (Wildman–Crippen LogP) is 3.50. The van der Waals surface area contributed by atoms with Crippen molar-refractivity contribution in [2.24, 2.45) is 0 Å². The molecular formula is C15H18N2OS. The highest BCUT2D eigenvalue weighted by molar-refractivity contribution is 7.09. The molecule has 0 saturated carbocycles. The van der Waals surface area contributed by atoms with E-state index in [-0.39, 0.29) is 6.04 Å². The first-order chi connectivity index (χ1) is 9.16. The Morgan fingerprint density at radius 3 is 3.00 bits per heavy atom. The van der Waals surface area contributed by atoms with Gasteiger partial charge in [0.05, 0.1) is 5.51 Å². The molecule has 19 heavy (non-hydrogen) atoms. The van der Waals surface area contributed by atoms with E-state index < -0.39 is 0 Å². The normalized spacial score (nSPS) is 21.6. The molecule has 1 aromatic carbocycles. The number of nitrogens with one attached hydrogen (secondary N) is 1. The third-order valence-corrected chi connectivity index (χ3v) is 4.70. The quantitative estimate of drug-likeness (QED) is 0.900. The lowest BCUT2D eigenvalue weighted by Crippen LogP contribution is -2.18. The van der Waals surface area contributed by atoms with Crippen LogP contribution in [0.5, 0.6) is 5.75 Å². The van der Waals surface area contributed by atoms with Gasteiger partial charge in [-0.2, -0.15) is 0 Å². The lowest BCUT2D eigenvalue weighted by atomic mass is 9.97. The van der Waals surface area contributed by atoms with Gasteiger partial charge in [0.1, 0.15) is 5.75 Å². The highest BCUT2D eigenvalue weighted by Gasteiger charge is 2.31. The first kappa shape index (κ1) is 12.6. The van der Waals surface area contributed by atoms with Gasteiger partial charge in [0.25, 0.3) is 0 Å². The summed E-state index contributed by atoms with van der Waals surface area (Å²) in [6.45, 7) is 5.18. The van der Waals surface area contributed by atoms with Crippen molar-refractivity contribution in [2.45, 2.75) is 38.8 Å². The number of aryl methyl sites for hydroxylation is 1.